The molecule has 10 N–H and O–H groups in total. The topological polar surface area (TPSA) is 246 Å². The van der Waals surface area contributed by atoms with Crippen LogP contribution in [0.4, 0.5) is 0 Å². The van der Waals surface area contributed by atoms with E-state index in [1.807, 2.05) is 0 Å². The zero-order valence-corrected chi connectivity index (χ0v) is 15.3. The maximum absolute atomic E-state index is 12.1. The van der Waals surface area contributed by atoms with E-state index >= 15 is 0 Å². The Labute approximate surface area is 138 Å². The van der Waals surface area contributed by atoms with Crippen LogP contribution < -0.4 is 0 Å². The molecule has 0 aromatic carbocycles. The van der Waals surface area contributed by atoms with Crippen LogP contribution in [0.25, 0.3) is 0 Å². The van der Waals surface area contributed by atoms with E-state index in [1.165, 1.54) is 0 Å². The van der Waals surface area contributed by atoms with E-state index in [9.17, 15) is 49.3 Å². The van der Waals surface area contributed by atoms with Gasteiger partial charge in [-0.15, -0.1) is 0 Å². The molecular weight excluding hydrogens is 398 g/mol. The molecule has 0 rings (SSSR count). The van der Waals surface area contributed by atoms with Gasteiger partial charge in [0, 0.05) is 0 Å². The fourth-order valence-electron chi connectivity index (χ4n) is 1.26. The first-order valence-corrected chi connectivity index (χ1v) is 13.2. The molecular formula is C8H26O13P2S. The molecule has 0 unspecified atom stereocenters. The van der Waals surface area contributed by atoms with Crippen LogP contribution >= 0.6 is 13.7 Å². The summed E-state index contributed by atoms with van der Waals surface area (Å²) in [6.07, 6.45) is -9.74. The van der Waals surface area contributed by atoms with Crippen molar-refractivity contribution in [3.05, 3.63) is 0 Å². The van der Waals surface area contributed by atoms with Crippen molar-refractivity contribution in [3.63, 3.8) is 0 Å². The molecule has 0 aliphatic carbocycles. The number of hydrogen-bond donors (Lipinski definition) is 8. The van der Waals surface area contributed by atoms with E-state index < -0.39 is 74.8 Å². The molecule has 0 bridgehead atoms. The molecule has 0 radical (unpaired) electrons. The SMILES string of the molecule is O.O=S(=O)(OP(CO)(CO)(CO)CO)OP(CO)(CO)(CO)CO. The van der Waals surface area contributed by atoms with Gasteiger partial charge >= 0.3 is 132 Å². The number of rotatable bonds is 12. The first-order valence-electron chi connectivity index (χ1n) is 6.09. The minimum atomic E-state index is -5.27. The van der Waals surface area contributed by atoms with E-state index in [2.05, 4.69) is 7.94 Å². The number of hydrogen-bond acceptors (Lipinski definition) is 12. The molecule has 13 nitrogen and oxygen atoms in total. The Morgan fingerprint density at radius 3 is 0.833 bits per heavy atom. The molecule has 152 valence electrons. The van der Waals surface area contributed by atoms with E-state index in [-0.39, 0.29) is 5.48 Å². The molecule has 0 aromatic rings. The molecule has 0 heterocycles. The van der Waals surface area contributed by atoms with Gasteiger partial charge < -0.3 is 5.48 Å². The van der Waals surface area contributed by atoms with Crippen molar-refractivity contribution in [2.75, 3.05) is 50.8 Å². The molecule has 0 aliphatic rings. The van der Waals surface area contributed by atoms with Crippen molar-refractivity contribution in [1.82, 2.24) is 0 Å². The first kappa shape index (κ1) is 26.6. The normalized spacial score (nSPS) is 16.5. The molecule has 0 spiro atoms. The predicted octanol–water partition coefficient (Wildman–Crippen LogP) is -4.03. The average Bonchev–Trinajstić information content (AvgIpc) is 2.59. The van der Waals surface area contributed by atoms with Crippen molar-refractivity contribution in [2.45, 2.75) is 0 Å². The van der Waals surface area contributed by atoms with Crippen LogP contribution in [-0.4, -0.2) is 106 Å². The van der Waals surface area contributed by atoms with Gasteiger partial charge in [-0.2, -0.15) is 0 Å². The van der Waals surface area contributed by atoms with Crippen LogP contribution in [0.1, 0.15) is 0 Å². The zero-order chi connectivity index (χ0) is 18.5. The standard InChI is InChI=1S/C8H24O12P2S.H2O/c9-1-21(2-10,3-11,4-12)19-23(17,18)20-22(5-13,6-14,7-15)8-16;/h9-16H,1-8H2;1H2. The monoisotopic (exact) mass is 424 g/mol. The Kier molecular flexibility index (Phi) is 9.80. The second-order valence-corrected chi connectivity index (χ2v) is 17.1. The number of aliphatic hydroxyl groups excluding tert-OH is 8. The molecule has 0 saturated carbocycles. The second kappa shape index (κ2) is 8.84. The fraction of sp³-hybridized carbons (Fsp3) is 1.00. The van der Waals surface area contributed by atoms with Gasteiger partial charge in [0.05, 0.1) is 0 Å². The fourth-order valence-corrected chi connectivity index (χ4v) is 8.32. The Balaban J connectivity index is 0. The van der Waals surface area contributed by atoms with Gasteiger partial charge in [0.2, 0.25) is 0 Å². The summed E-state index contributed by atoms with van der Waals surface area (Å²) in [4.78, 5) is 0. The average molecular weight is 424 g/mol. The second-order valence-electron chi connectivity index (χ2n) is 5.40. The summed E-state index contributed by atoms with van der Waals surface area (Å²) in [5.41, 5.74) is 0. The Morgan fingerprint density at radius 1 is 0.542 bits per heavy atom. The van der Waals surface area contributed by atoms with E-state index in [0.717, 1.165) is 0 Å². The summed E-state index contributed by atoms with van der Waals surface area (Å²) in [6.45, 7) is -9.68. The van der Waals surface area contributed by atoms with Crippen LogP contribution in [0.3, 0.4) is 0 Å². The summed E-state index contributed by atoms with van der Waals surface area (Å²) in [7, 11) is -5.27. The number of aliphatic hydroxyl groups is 8. The van der Waals surface area contributed by atoms with Gasteiger partial charge in [-0.25, -0.2) is 0 Å². The van der Waals surface area contributed by atoms with Crippen LogP contribution in [0, 0.1) is 0 Å². The molecule has 0 amide bonds. The maximum atomic E-state index is 12.1. The third-order valence-electron chi connectivity index (χ3n) is 3.47. The first-order chi connectivity index (χ1) is 10.5. The van der Waals surface area contributed by atoms with Gasteiger partial charge in [-0.3, -0.25) is 0 Å². The Morgan fingerprint density at radius 2 is 0.708 bits per heavy atom. The van der Waals surface area contributed by atoms with Gasteiger partial charge in [-0.1, -0.05) is 0 Å². The Bertz CT molecular complexity index is 403. The van der Waals surface area contributed by atoms with Crippen molar-refractivity contribution >= 4 is 24.1 Å². The molecule has 0 atom stereocenters. The van der Waals surface area contributed by atoms with E-state index in [0.29, 0.717) is 0 Å². The summed E-state index contributed by atoms with van der Waals surface area (Å²) in [6, 6.07) is 0. The molecule has 0 saturated heterocycles. The van der Waals surface area contributed by atoms with Gasteiger partial charge in [-0.05, 0) is 0 Å². The third kappa shape index (κ3) is 4.75. The van der Waals surface area contributed by atoms with Crippen LogP contribution in [0.5, 0.6) is 0 Å². The minimum absolute atomic E-state index is 0. The summed E-state index contributed by atoms with van der Waals surface area (Å²) >= 11 is 0. The molecule has 0 aliphatic heterocycles. The third-order valence-corrected chi connectivity index (χ3v) is 14.0. The Hall–Kier alpha value is 0.370. The van der Waals surface area contributed by atoms with E-state index in [4.69, 9.17) is 0 Å². The summed E-state index contributed by atoms with van der Waals surface area (Å²) < 4.78 is 33.3. The molecule has 0 aromatic heterocycles. The van der Waals surface area contributed by atoms with Crippen LogP contribution in [-0.2, 0) is 18.3 Å². The van der Waals surface area contributed by atoms with Crippen LogP contribution in [0.15, 0.2) is 0 Å². The van der Waals surface area contributed by atoms with Crippen molar-refractivity contribution in [2.24, 2.45) is 0 Å². The van der Waals surface area contributed by atoms with E-state index in [1.54, 1.807) is 0 Å². The van der Waals surface area contributed by atoms with Crippen molar-refractivity contribution in [3.8, 4) is 0 Å². The van der Waals surface area contributed by atoms with Crippen molar-refractivity contribution < 1.29 is 62.7 Å². The molecule has 24 heavy (non-hydrogen) atoms. The zero-order valence-electron chi connectivity index (χ0n) is 12.7. The van der Waals surface area contributed by atoms with Gasteiger partial charge in [0.25, 0.3) is 0 Å². The van der Waals surface area contributed by atoms with Gasteiger partial charge in [0.1, 0.15) is 0 Å². The van der Waals surface area contributed by atoms with Crippen LogP contribution in [0.2, 0.25) is 0 Å². The quantitative estimate of drug-likeness (QED) is 0.140. The van der Waals surface area contributed by atoms with Gasteiger partial charge in [0.15, 0.2) is 0 Å². The van der Waals surface area contributed by atoms with Crippen molar-refractivity contribution in [1.29, 1.82) is 0 Å². The summed E-state index contributed by atoms with van der Waals surface area (Å²) in [5, 5.41) is 74.6. The summed E-state index contributed by atoms with van der Waals surface area (Å²) in [5.74, 6) is 0. The molecule has 16 heteroatoms. The predicted molar refractivity (Wildman–Crippen MR) is 85.2 cm³/mol. The molecule has 0 fully saturated rings.